The number of urea groups is 1. The third kappa shape index (κ3) is 10.8. The molecule has 0 aliphatic rings. The number of anilines is 4. The van der Waals surface area contributed by atoms with Crippen molar-refractivity contribution in [2.75, 3.05) is 21.3 Å². The van der Waals surface area contributed by atoms with E-state index in [9.17, 15) is 14.4 Å². The molecule has 44 heavy (non-hydrogen) atoms. The monoisotopic (exact) mass is 603 g/mol. The number of carbonyl (C=O) groups is 3. The van der Waals surface area contributed by atoms with Crippen molar-refractivity contribution in [3.8, 4) is 0 Å². The van der Waals surface area contributed by atoms with Crippen molar-refractivity contribution in [3.05, 3.63) is 66.7 Å². The molecule has 4 N–H and O–H groups in total. The third-order valence-corrected chi connectivity index (χ3v) is 7.99. The van der Waals surface area contributed by atoms with Crippen LogP contribution in [0, 0.1) is 11.8 Å². The molecule has 2 unspecified atom stereocenters. The van der Waals surface area contributed by atoms with E-state index in [1.807, 2.05) is 6.07 Å². The molecule has 0 aliphatic heterocycles. The predicted octanol–water partition coefficient (Wildman–Crippen LogP) is 8.06. The van der Waals surface area contributed by atoms with E-state index in [0.29, 0.717) is 40.4 Å². The Labute approximate surface area is 262 Å². The molecule has 0 saturated carbocycles. The standard InChI is InChI=1S/C35H50N6O3/c1-6-10-14-27(8-3)24-40-20-21-41(25-28(9-4)15-11-7-2)34(40)33(43)37-30-17-13-19-32(23-30)39-35(44)38-31-18-12-16-29(22-31)36-26(5)42/h12-13,16-23,27-28H,6-11,14-15,24-25H2,1-5H3,(H3-,36,37,38,39,42,43,44)/p+1. The van der Waals surface area contributed by atoms with Crippen molar-refractivity contribution in [1.29, 1.82) is 0 Å². The smallest absolute Gasteiger partial charge is 0.326 e. The van der Waals surface area contributed by atoms with Gasteiger partial charge in [-0.3, -0.25) is 9.59 Å². The van der Waals surface area contributed by atoms with Crippen LogP contribution in [0.3, 0.4) is 0 Å². The average molecular weight is 604 g/mol. The average Bonchev–Trinajstić information content (AvgIpc) is 3.39. The number of aromatic nitrogens is 2. The maximum Gasteiger partial charge on any atom is 0.348 e. The quantitative estimate of drug-likeness (QED) is 0.117. The summed E-state index contributed by atoms with van der Waals surface area (Å²) in [5.74, 6) is 1.32. The molecular formula is C35H51N6O3+. The van der Waals surface area contributed by atoms with Crippen LogP contribution in [0.5, 0.6) is 0 Å². The lowest BCUT2D eigenvalue weighted by Gasteiger charge is -2.15. The summed E-state index contributed by atoms with van der Waals surface area (Å²) in [5, 5.41) is 11.4. The number of amides is 4. The topological polar surface area (TPSA) is 108 Å². The van der Waals surface area contributed by atoms with Crippen LogP contribution in [0.1, 0.15) is 96.6 Å². The molecule has 9 heteroatoms. The van der Waals surface area contributed by atoms with Gasteiger partial charge in [-0.1, -0.05) is 65.5 Å². The highest BCUT2D eigenvalue weighted by Gasteiger charge is 2.28. The van der Waals surface area contributed by atoms with Crippen LogP contribution in [-0.4, -0.2) is 22.4 Å². The zero-order valence-electron chi connectivity index (χ0n) is 27.1. The Morgan fingerprint density at radius 3 is 1.80 bits per heavy atom. The SMILES string of the molecule is CCCCC(CC)Cn1cc[n+](CC(CC)CCCC)c1C(=O)Nc1cccc(NC(=O)Nc2cccc(NC(C)=O)c2)c1. The van der Waals surface area contributed by atoms with Gasteiger partial charge in [0.2, 0.25) is 5.91 Å². The molecule has 2 atom stereocenters. The minimum atomic E-state index is -0.435. The lowest BCUT2D eigenvalue weighted by atomic mass is 9.99. The number of benzene rings is 2. The van der Waals surface area contributed by atoms with Gasteiger partial charge in [-0.15, -0.1) is 0 Å². The van der Waals surface area contributed by atoms with Crippen LogP contribution < -0.4 is 25.8 Å². The lowest BCUT2D eigenvalue weighted by Crippen LogP contribution is -2.44. The second kappa shape index (κ2) is 17.9. The van der Waals surface area contributed by atoms with Gasteiger partial charge in [0.1, 0.15) is 12.4 Å². The van der Waals surface area contributed by atoms with Gasteiger partial charge in [0.15, 0.2) is 0 Å². The number of hydrogen-bond donors (Lipinski definition) is 4. The fraction of sp³-hybridized carbons (Fsp3) is 0.486. The summed E-state index contributed by atoms with van der Waals surface area (Å²) in [6, 6.07) is 13.6. The molecule has 3 aromatic rings. The van der Waals surface area contributed by atoms with Gasteiger partial charge in [0.25, 0.3) is 0 Å². The molecule has 0 fully saturated rings. The number of unbranched alkanes of at least 4 members (excludes halogenated alkanes) is 2. The molecular weight excluding hydrogens is 552 g/mol. The molecule has 0 radical (unpaired) electrons. The summed E-state index contributed by atoms with van der Waals surface area (Å²) in [6.45, 7) is 11.9. The fourth-order valence-electron chi connectivity index (χ4n) is 5.45. The molecule has 1 heterocycles. The maximum atomic E-state index is 13.9. The second-order valence-electron chi connectivity index (χ2n) is 11.6. The molecule has 0 spiro atoms. The van der Waals surface area contributed by atoms with Crippen molar-refractivity contribution >= 4 is 40.6 Å². The van der Waals surface area contributed by atoms with Crippen LogP contribution >= 0.6 is 0 Å². The van der Waals surface area contributed by atoms with Crippen molar-refractivity contribution in [2.45, 2.75) is 99.1 Å². The predicted molar refractivity (Wildman–Crippen MR) is 179 cm³/mol. The molecule has 2 aromatic carbocycles. The van der Waals surface area contributed by atoms with E-state index in [1.54, 1.807) is 42.5 Å². The van der Waals surface area contributed by atoms with E-state index in [1.165, 1.54) is 19.8 Å². The fourth-order valence-corrected chi connectivity index (χ4v) is 5.45. The summed E-state index contributed by atoms with van der Waals surface area (Å²) < 4.78 is 4.24. The highest BCUT2D eigenvalue weighted by atomic mass is 16.2. The van der Waals surface area contributed by atoms with Crippen molar-refractivity contribution in [3.63, 3.8) is 0 Å². The maximum absolute atomic E-state index is 13.9. The van der Waals surface area contributed by atoms with Crippen LogP contribution in [0.15, 0.2) is 60.9 Å². The molecule has 0 aliphatic carbocycles. The summed E-state index contributed by atoms with van der Waals surface area (Å²) in [4.78, 5) is 38.0. The van der Waals surface area contributed by atoms with E-state index in [-0.39, 0.29) is 11.8 Å². The number of nitrogens with zero attached hydrogens (tertiary/aromatic N) is 2. The van der Waals surface area contributed by atoms with Gasteiger partial charge in [0, 0.05) is 29.7 Å². The molecule has 9 nitrogen and oxygen atoms in total. The Morgan fingerprint density at radius 2 is 1.27 bits per heavy atom. The van der Waals surface area contributed by atoms with Gasteiger partial charge in [-0.25, -0.2) is 13.9 Å². The second-order valence-corrected chi connectivity index (χ2v) is 11.6. The van der Waals surface area contributed by atoms with E-state index in [2.05, 4.69) is 70.5 Å². The largest absolute Gasteiger partial charge is 0.348 e. The third-order valence-electron chi connectivity index (χ3n) is 7.99. The van der Waals surface area contributed by atoms with Gasteiger partial charge < -0.3 is 21.3 Å². The molecule has 0 bridgehead atoms. The number of nitrogens with one attached hydrogen (secondary N) is 4. The minimum absolute atomic E-state index is 0.165. The first kappa shape index (κ1) is 34.4. The van der Waals surface area contributed by atoms with E-state index in [4.69, 9.17) is 0 Å². The Hall–Kier alpha value is -4.14. The van der Waals surface area contributed by atoms with Crippen molar-refractivity contribution < 1.29 is 19.0 Å². The molecule has 4 amide bonds. The van der Waals surface area contributed by atoms with E-state index < -0.39 is 6.03 Å². The van der Waals surface area contributed by atoms with Gasteiger partial charge >= 0.3 is 17.8 Å². The Kier molecular flexibility index (Phi) is 13.9. The molecule has 3 rings (SSSR count). The van der Waals surface area contributed by atoms with Crippen molar-refractivity contribution in [1.82, 2.24) is 4.57 Å². The zero-order valence-corrected chi connectivity index (χ0v) is 27.1. The number of carbonyl (C=O) groups excluding carboxylic acids is 3. The highest BCUT2D eigenvalue weighted by molar-refractivity contribution is 6.03. The van der Waals surface area contributed by atoms with Gasteiger partial charge in [-0.05, 0) is 73.9 Å². The lowest BCUT2D eigenvalue weighted by molar-refractivity contribution is -0.704. The van der Waals surface area contributed by atoms with Crippen LogP contribution in [-0.2, 0) is 17.9 Å². The normalized spacial score (nSPS) is 12.3. The molecule has 0 saturated heterocycles. The number of imidazole rings is 1. The molecule has 1 aromatic heterocycles. The van der Waals surface area contributed by atoms with Crippen LogP contribution in [0.25, 0.3) is 0 Å². The number of rotatable bonds is 17. The number of hydrogen-bond acceptors (Lipinski definition) is 3. The highest BCUT2D eigenvalue weighted by Crippen LogP contribution is 2.20. The summed E-state index contributed by atoms with van der Waals surface area (Å²) in [6.07, 6.45) is 13.2. The Bertz CT molecular complexity index is 1330. The summed E-state index contributed by atoms with van der Waals surface area (Å²) in [5.41, 5.74) is 2.26. The summed E-state index contributed by atoms with van der Waals surface area (Å²) in [7, 11) is 0. The first-order valence-electron chi connectivity index (χ1n) is 16.2. The van der Waals surface area contributed by atoms with E-state index in [0.717, 1.165) is 51.6 Å². The molecule has 238 valence electrons. The zero-order chi connectivity index (χ0) is 31.9. The van der Waals surface area contributed by atoms with Gasteiger partial charge in [0.05, 0.1) is 13.1 Å². The van der Waals surface area contributed by atoms with Crippen LogP contribution in [0.4, 0.5) is 27.5 Å². The van der Waals surface area contributed by atoms with Gasteiger partial charge in [-0.2, -0.15) is 0 Å². The summed E-state index contributed by atoms with van der Waals surface area (Å²) >= 11 is 0. The van der Waals surface area contributed by atoms with E-state index >= 15 is 0 Å². The van der Waals surface area contributed by atoms with Crippen molar-refractivity contribution in [2.24, 2.45) is 11.8 Å². The minimum Gasteiger partial charge on any atom is -0.326 e. The first-order valence-corrected chi connectivity index (χ1v) is 16.2. The Morgan fingerprint density at radius 1 is 0.750 bits per heavy atom. The first-order chi connectivity index (χ1) is 21.3. The van der Waals surface area contributed by atoms with Crippen LogP contribution in [0.2, 0.25) is 0 Å². The Balaban J connectivity index is 1.76.